The molecule has 3 fully saturated rings. The number of hydrogen-bond acceptors (Lipinski definition) is 6. The number of aromatic nitrogens is 2. The Bertz CT molecular complexity index is 601. The molecule has 1 amide bonds. The Kier molecular flexibility index (Phi) is 4.58. The summed E-state index contributed by atoms with van der Waals surface area (Å²) in [6.07, 6.45) is 5.15. The molecule has 6 nitrogen and oxygen atoms in total. The smallest absolute Gasteiger partial charge is 0.230 e. The summed E-state index contributed by atoms with van der Waals surface area (Å²) in [5.41, 5.74) is -0.156. The second kappa shape index (κ2) is 6.69. The molecule has 1 aromatic rings. The van der Waals surface area contributed by atoms with E-state index < -0.39 is 0 Å². The van der Waals surface area contributed by atoms with Crippen LogP contribution >= 0.6 is 11.3 Å². The third-order valence-electron chi connectivity index (χ3n) is 5.76. The highest BCUT2D eigenvalue weighted by atomic mass is 32.1. The molecule has 0 unspecified atom stereocenters. The first-order valence-electron chi connectivity index (χ1n) is 9.06. The molecule has 0 radical (unpaired) electrons. The highest BCUT2D eigenvalue weighted by Gasteiger charge is 2.49. The van der Waals surface area contributed by atoms with Crippen LogP contribution in [0.1, 0.15) is 42.1 Å². The van der Waals surface area contributed by atoms with Crippen LogP contribution in [0.5, 0.6) is 0 Å². The highest BCUT2D eigenvalue weighted by molar-refractivity contribution is 7.11. The van der Waals surface area contributed by atoms with Crippen LogP contribution in [0.2, 0.25) is 0 Å². The van der Waals surface area contributed by atoms with E-state index in [-0.39, 0.29) is 5.41 Å². The number of rotatable bonds is 3. The molecule has 3 aliphatic heterocycles. The van der Waals surface area contributed by atoms with Crippen LogP contribution in [0.25, 0.3) is 0 Å². The number of amides is 1. The zero-order chi connectivity index (χ0) is 16.6. The van der Waals surface area contributed by atoms with Crippen molar-refractivity contribution in [3.05, 3.63) is 10.0 Å². The highest BCUT2D eigenvalue weighted by Crippen LogP contribution is 2.41. The first-order chi connectivity index (χ1) is 11.7. The van der Waals surface area contributed by atoms with E-state index in [9.17, 15) is 4.79 Å². The predicted octanol–water partition coefficient (Wildman–Crippen LogP) is 1.84. The molecule has 132 valence electrons. The van der Waals surface area contributed by atoms with Gasteiger partial charge in [0.25, 0.3) is 0 Å². The summed E-state index contributed by atoms with van der Waals surface area (Å²) in [5.74, 6) is 0.400. The van der Waals surface area contributed by atoms with Gasteiger partial charge in [0.2, 0.25) is 5.91 Å². The van der Waals surface area contributed by atoms with E-state index in [4.69, 9.17) is 4.74 Å². The number of aryl methyl sites for hydroxylation is 1. The maximum absolute atomic E-state index is 13.3. The Labute approximate surface area is 147 Å². The molecular weight excluding hydrogens is 324 g/mol. The Morgan fingerprint density at radius 1 is 1.25 bits per heavy atom. The second-order valence-electron chi connectivity index (χ2n) is 7.40. The summed E-state index contributed by atoms with van der Waals surface area (Å²) >= 11 is 1.66. The largest absolute Gasteiger partial charge is 0.381 e. The minimum atomic E-state index is -0.156. The Balaban J connectivity index is 1.43. The molecule has 0 aromatic carbocycles. The summed E-state index contributed by atoms with van der Waals surface area (Å²) in [6, 6.07) is 0.392. The van der Waals surface area contributed by atoms with Crippen LogP contribution in [0.4, 0.5) is 0 Å². The summed E-state index contributed by atoms with van der Waals surface area (Å²) in [7, 11) is 0. The van der Waals surface area contributed by atoms with E-state index in [1.165, 1.54) is 0 Å². The lowest BCUT2D eigenvalue weighted by atomic mass is 9.77. The van der Waals surface area contributed by atoms with E-state index in [0.717, 1.165) is 81.5 Å². The van der Waals surface area contributed by atoms with Crippen molar-refractivity contribution < 1.29 is 9.53 Å². The van der Waals surface area contributed by atoms with Gasteiger partial charge in [0.15, 0.2) is 0 Å². The fraction of sp³-hybridized carbons (Fsp3) is 0.824. The van der Waals surface area contributed by atoms with Crippen molar-refractivity contribution in [1.29, 1.82) is 0 Å². The molecule has 1 aromatic heterocycles. The summed E-state index contributed by atoms with van der Waals surface area (Å²) in [5, 5.41) is 10.4. The molecule has 1 spiro atoms. The Morgan fingerprint density at radius 2 is 2.08 bits per heavy atom. The molecule has 1 atom stereocenters. The van der Waals surface area contributed by atoms with Gasteiger partial charge in [-0.15, -0.1) is 21.5 Å². The molecule has 0 aliphatic carbocycles. The van der Waals surface area contributed by atoms with Crippen LogP contribution < -0.4 is 0 Å². The molecule has 0 bridgehead atoms. The standard InChI is InChI=1S/C17H26N4O2S/c1-13-18-19-15(24-13)11-20-8-6-17(12-20)5-2-7-21(16(17)22)14-3-9-23-10-4-14/h14H,2-12H2,1H3/t17-/m1/s1. The van der Waals surface area contributed by atoms with Gasteiger partial charge >= 0.3 is 0 Å². The van der Waals surface area contributed by atoms with E-state index in [2.05, 4.69) is 20.0 Å². The molecule has 3 aliphatic rings. The first-order valence-corrected chi connectivity index (χ1v) is 9.88. The van der Waals surface area contributed by atoms with Crippen LogP contribution in [0, 0.1) is 12.3 Å². The van der Waals surface area contributed by atoms with Gasteiger partial charge in [0.1, 0.15) is 10.0 Å². The van der Waals surface area contributed by atoms with Crippen LogP contribution in [-0.4, -0.2) is 64.8 Å². The number of piperidine rings is 1. The zero-order valence-electron chi connectivity index (χ0n) is 14.4. The van der Waals surface area contributed by atoms with Gasteiger partial charge in [-0.25, -0.2) is 0 Å². The van der Waals surface area contributed by atoms with Crippen LogP contribution in [0.15, 0.2) is 0 Å². The minimum Gasteiger partial charge on any atom is -0.381 e. The fourth-order valence-corrected chi connectivity index (χ4v) is 5.26. The van der Waals surface area contributed by atoms with Crippen molar-refractivity contribution in [1.82, 2.24) is 20.0 Å². The van der Waals surface area contributed by atoms with Crippen LogP contribution in [0.3, 0.4) is 0 Å². The minimum absolute atomic E-state index is 0.156. The van der Waals surface area contributed by atoms with Gasteiger partial charge in [-0.3, -0.25) is 9.69 Å². The average Bonchev–Trinajstić information content (AvgIpc) is 3.19. The third kappa shape index (κ3) is 3.09. The van der Waals surface area contributed by atoms with Crippen LogP contribution in [-0.2, 0) is 16.1 Å². The van der Waals surface area contributed by atoms with Gasteiger partial charge in [0.05, 0.1) is 12.0 Å². The van der Waals surface area contributed by atoms with Crippen molar-refractivity contribution in [3.8, 4) is 0 Å². The normalized spacial score (nSPS) is 29.7. The SMILES string of the molecule is Cc1nnc(CN2CC[C@]3(CCCN(C4CCOCC4)C3=O)C2)s1. The molecule has 24 heavy (non-hydrogen) atoms. The average molecular weight is 350 g/mol. The van der Waals surface area contributed by atoms with E-state index >= 15 is 0 Å². The lowest BCUT2D eigenvalue weighted by molar-refractivity contribution is -0.150. The first kappa shape index (κ1) is 16.4. The van der Waals surface area contributed by atoms with Crippen molar-refractivity contribution in [2.75, 3.05) is 32.8 Å². The van der Waals surface area contributed by atoms with Crippen molar-refractivity contribution in [2.45, 2.75) is 51.6 Å². The topological polar surface area (TPSA) is 58.6 Å². The van der Waals surface area contributed by atoms with E-state index in [0.29, 0.717) is 11.9 Å². The lowest BCUT2D eigenvalue weighted by Gasteiger charge is -2.44. The third-order valence-corrected chi connectivity index (χ3v) is 6.58. The number of carbonyl (C=O) groups excluding carboxylic acids is 1. The fourth-order valence-electron chi connectivity index (χ4n) is 4.51. The van der Waals surface area contributed by atoms with Gasteiger partial charge < -0.3 is 9.64 Å². The lowest BCUT2D eigenvalue weighted by Crippen LogP contribution is -2.54. The molecule has 0 N–H and O–H groups in total. The number of carbonyl (C=O) groups is 1. The maximum Gasteiger partial charge on any atom is 0.230 e. The van der Waals surface area contributed by atoms with Crippen molar-refractivity contribution in [3.63, 3.8) is 0 Å². The number of nitrogens with zero attached hydrogens (tertiary/aromatic N) is 4. The van der Waals surface area contributed by atoms with E-state index in [1.54, 1.807) is 11.3 Å². The monoisotopic (exact) mass is 350 g/mol. The molecule has 0 saturated carbocycles. The van der Waals surface area contributed by atoms with Crippen molar-refractivity contribution >= 4 is 17.2 Å². The number of ether oxygens (including phenoxy) is 1. The van der Waals surface area contributed by atoms with Gasteiger partial charge in [-0.2, -0.15) is 0 Å². The molecule has 4 rings (SSSR count). The van der Waals surface area contributed by atoms with Gasteiger partial charge in [-0.05, 0) is 45.6 Å². The zero-order valence-corrected chi connectivity index (χ0v) is 15.2. The molecule has 4 heterocycles. The predicted molar refractivity (Wildman–Crippen MR) is 91.8 cm³/mol. The van der Waals surface area contributed by atoms with Gasteiger partial charge in [-0.1, -0.05) is 0 Å². The summed E-state index contributed by atoms with van der Waals surface area (Å²) in [6.45, 7) is 7.21. The summed E-state index contributed by atoms with van der Waals surface area (Å²) in [4.78, 5) is 17.9. The number of hydrogen-bond donors (Lipinski definition) is 0. The Hall–Kier alpha value is -1.05. The van der Waals surface area contributed by atoms with Crippen molar-refractivity contribution in [2.24, 2.45) is 5.41 Å². The quantitative estimate of drug-likeness (QED) is 0.832. The molecule has 3 saturated heterocycles. The summed E-state index contributed by atoms with van der Waals surface area (Å²) < 4.78 is 5.47. The molecular formula is C17H26N4O2S. The van der Waals surface area contributed by atoms with E-state index in [1.807, 2.05) is 6.92 Å². The molecule has 7 heteroatoms. The maximum atomic E-state index is 13.3. The number of likely N-dealkylation sites (tertiary alicyclic amines) is 2. The Morgan fingerprint density at radius 3 is 2.83 bits per heavy atom. The second-order valence-corrected chi connectivity index (χ2v) is 8.67. The van der Waals surface area contributed by atoms with Gasteiger partial charge in [0, 0.05) is 32.3 Å².